The van der Waals surface area contributed by atoms with Crippen molar-refractivity contribution >= 4 is 5.91 Å². The molecule has 144 valence electrons. The molecule has 1 aromatic carbocycles. The van der Waals surface area contributed by atoms with Crippen LogP contribution in [0.3, 0.4) is 0 Å². The SMILES string of the molecule is Cc1ccc(C)c(C(C)NCC(=O)N(Cc2ccco2)C2=CCCCC2)c1. The fraction of sp³-hybridized carbons (Fsp3) is 0.435. The van der Waals surface area contributed by atoms with Crippen LogP contribution in [0.4, 0.5) is 0 Å². The summed E-state index contributed by atoms with van der Waals surface area (Å²) >= 11 is 0. The average molecular weight is 367 g/mol. The molecule has 1 N–H and O–H groups in total. The topological polar surface area (TPSA) is 45.5 Å². The van der Waals surface area contributed by atoms with Crippen molar-refractivity contribution < 1.29 is 9.21 Å². The zero-order chi connectivity index (χ0) is 19.2. The quantitative estimate of drug-likeness (QED) is 0.747. The number of hydrogen-bond acceptors (Lipinski definition) is 3. The second-order valence-electron chi connectivity index (χ2n) is 7.46. The largest absolute Gasteiger partial charge is 0.467 e. The van der Waals surface area contributed by atoms with Crippen molar-refractivity contribution in [3.63, 3.8) is 0 Å². The average Bonchev–Trinajstić information content (AvgIpc) is 3.20. The molecule has 0 aliphatic heterocycles. The monoisotopic (exact) mass is 366 g/mol. The van der Waals surface area contributed by atoms with Crippen LogP contribution in [0, 0.1) is 13.8 Å². The van der Waals surface area contributed by atoms with E-state index in [0.717, 1.165) is 30.7 Å². The molecule has 1 amide bonds. The van der Waals surface area contributed by atoms with Crippen LogP contribution < -0.4 is 5.32 Å². The van der Waals surface area contributed by atoms with Crippen molar-refractivity contribution in [3.05, 3.63) is 70.8 Å². The minimum atomic E-state index is 0.0942. The Balaban J connectivity index is 1.68. The Morgan fingerprint density at radius 3 is 2.81 bits per heavy atom. The Labute approximate surface area is 162 Å². The standard InChI is InChI=1S/C23H30N2O2/c1-17-11-12-18(2)22(14-17)19(3)24-15-23(26)25(16-21-10-7-13-27-21)20-8-5-4-6-9-20/h7-8,10-14,19,24H,4-6,9,15-16H2,1-3H3. The Kier molecular flexibility index (Phi) is 6.51. The van der Waals surface area contributed by atoms with Crippen LogP contribution in [0.2, 0.25) is 0 Å². The molecule has 0 fully saturated rings. The molecule has 1 atom stereocenters. The number of benzene rings is 1. The van der Waals surface area contributed by atoms with Gasteiger partial charge in [0.2, 0.25) is 5.91 Å². The van der Waals surface area contributed by atoms with Crippen LogP contribution in [-0.2, 0) is 11.3 Å². The Bertz CT molecular complexity index is 793. The van der Waals surface area contributed by atoms with Gasteiger partial charge in [0.25, 0.3) is 0 Å². The first-order valence-corrected chi connectivity index (χ1v) is 9.87. The predicted molar refractivity (Wildman–Crippen MR) is 108 cm³/mol. The van der Waals surface area contributed by atoms with Gasteiger partial charge in [0.15, 0.2) is 0 Å². The van der Waals surface area contributed by atoms with E-state index in [-0.39, 0.29) is 11.9 Å². The molecule has 1 aliphatic carbocycles. The lowest BCUT2D eigenvalue weighted by atomic mass is 10.00. The summed E-state index contributed by atoms with van der Waals surface area (Å²) in [4.78, 5) is 14.9. The lowest BCUT2D eigenvalue weighted by Gasteiger charge is -2.28. The molecule has 0 saturated carbocycles. The predicted octanol–water partition coefficient (Wildman–Crippen LogP) is 5.03. The number of nitrogens with one attached hydrogen (secondary N) is 1. The maximum absolute atomic E-state index is 13.0. The first-order chi connectivity index (χ1) is 13.0. The van der Waals surface area contributed by atoms with Crippen molar-refractivity contribution in [3.8, 4) is 0 Å². The van der Waals surface area contributed by atoms with E-state index < -0.39 is 0 Å². The van der Waals surface area contributed by atoms with Crippen LogP contribution in [-0.4, -0.2) is 17.4 Å². The highest BCUT2D eigenvalue weighted by Crippen LogP contribution is 2.24. The van der Waals surface area contributed by atoms with Gasteiger partial charge in [-0.25, -0.2) is 0 Å². The number of hydrogen-bond donors (Lipinski definition) is 1. The number of amides is 1. The van der Waals surface area contributed by atoms with Crippen molar-refractivity contribution in [1.29, 1.82) is 0 Å². The van der Waals surface area contributed by atoms with E-state index in [4.69, 9.17) is 4.42 Å². The number of aryl methyl sites for hydroxylation is 2. The molecule has 1 unspecified atom stereocenters. The number of furan rings is 1. The molecule has 4 heteroatoms. The van der Waals surface area contributed by atoms with Crippen molar-refractivity contribution in [2.24, 2.45) is 0 Å². The van der Waals surface area contributed by atoms with Crippen LogP contribution in [0.15, 0.2) is 52.8 Å². The zero-order valence-corrected chi connectivity index (χ0v) is 16.6. The molecule has 4 nitrogen and oxygen atoms in total. The maximum atomic E-state index is 13.0. The van der Waals surface area contributed by atoms with E-state index in [2.05, 4.69) is 50.4 Å². The van der Waals surface area contributed by atoms with Gasteiger partial charge >= 0.3 is 0 Å². The van der Waals surface area contributed by atoms with Gasteiger partial charge in [-0.05, 0) is 69.7 Å². The summed E-state index contributed by atoms with van der Waals surface area (Å²) in [6.07, 6.45) is 8.21. The normalized spacial score (nSPS) is 15.3. The summed E-state index contributed by atoms with van der Waals surface area (Å²) < 4.78 is 5.49. The van der Waals surface area contributed by atoms with E-state index >= 15 is 0 Å². The van der Waals surface area contributed by atoms with Crippen molar-refractivity contribution in [1.82, 2.24) is 10.2 Å². The fourth-order valence-corrected chi connectivity index (χ4v) is 3.65. The first-order valence-electron chi connectivity index (χ1n) is 9.87. The highest BCUT2D eigenvalue weighted by atomic mass is 16.3. The van der Waals surface area contributed by atoms with Gasteiger partial charge in [-0.15, -0.1) is 0 Å². The van der Waals surface area contributed by atoms with E-state index in [1.165, 1.54) is 23.1 Å². The van der Waals surface area contributed by atoms with Gasteiger partial charge in [0, 0.05) is 11.7 Å². The number of carbonyl (C=O) groups is 1. The Morgan fingerprint density at radius 1 is 1.26 bits per heavy atom. The number of allylic oxidation sites excluding steroid dienone is 2. The fourth-order valence-electron chi connectivity index (χ4n) is 3.65. The number of nitrogens with zero attached hydrogens (tertiary/aromatic N) is 1. The van der Waals surface area contributed by atoms with Crippen LogP contribution in [0.5, 0.6) is 0 Å². The minimum Gasteiger partial charge on any atom is -0.467 e. The lowest BCUT2D eigenvalue weighted by Crippen LogP contribution is -2.38. The molecule has 1 aliphatic rings. The summed E-state index contributed by atoms with van der Waals surface area (Å²) in [7, 11) is 0. The molecule has 1 heterocycles. The number of rotatable bonds is 7. The van der Waals surface area contributed by atoms with Crippen molar-refractivity contribution in [2.75, 3.05) is 6.54 Å². The van der Waals surface area contributed by atoms with Crippen molar-refractivity contribution in [2.45, 2.75) is 59.0 Å². The third kappa shape index (κ3) is 5.10. The molecule has 0 bridgehead atoms. The second kappa shape index (κ2) is 9.05. The third-order valence-corrected chi connectivity index (χ3v) is 5.27. The van der Waals surface area contributed by atoms with Crippen LogP contribution in [0.1, 0.15) is 61.1 Å². The smallest absolute Gasteiger partial charge is 0.241 e. The van der Waals surface area contributed by atoms with Gasteiger partial charge in [0.05, 0.1) is 19.4 Å². The van der Waals surface area contributed by atoms with Crippen LogP contribution >= 0.6 is 0 Å². The Hall–Kier alpha value is -2.33. The Morgan fingerprint density at radius 2 is 2.11 bits per heavy atom. The molecular weight excluding hydrogens is 336 g/mol. The summed E-state index contributed by atoms with van der Waals surface area (Å²) in [6.45, 7) is 7.14. The summed E-state index contributed by atoms with van der Waals surface area (Å²) in [5, 5.41) is 3.42. The molecule has 2 aromatic rings. The lowest BCUT2D eigenvalue weighted by molar-refractivity contribution is -0.129. The molecule has 27 heavy (non-hydrogen) atoms. The summed E-state index contributed by atoms with van der Waals surface area (Å²) in [5.74, 6) is 0.911. The molecule has 0 spiro atoms. The maximum Gasteiger partial charge on any atom is 0.241 e. The molecule has 1 aromatic heterocycles. The van der Waals surface area contributed by atoms with Gasteiger partial charge in [-0.2, -0.15) is 0 Å². The second-order valence-corrected chi connectivity index (χ2v) is 7.46. The number of carbonyl (C=O) groups excluding carboxylic acids is 1. The van der Waals surface area contributed by atoms with Gasteiger partial charge in [-0.3, -0.25) is 4.79 Å². The van der Waals surface area contributed by atoms with Crippen LogP contribution in [0.25, 0.3) is 0 Å². The third-order valence-electron chi connectivity index (χ3n) is 5.27. The van der Waals surface area contributed by atoms with E-state index in [0.29, 0.717) is 13.1 Å². The van der Waals surface area contributed by atoms with Gasteiger partial charge in [-0.1, -0.05) is 29.8 Å². The van der Waals surface area contributed by atoms with E-state index in [1.807, 2.05) is 17.0 Å². The van der Waals surface area contributed by atoms with Gasteiger partial charge in [0.1, 0.15) is 5.76 Å². The minimum absolute atomic E-state index is 0.0942. The summed E-state index contributed by atoms with van der Waals surface area (Å²) in [5.41, 5.74) is 4.86. The first kappa shape index (κ1) is 19.4. The highest BCUT2D eigenvalue weighted by Gasteiger charge is 2.21. The molecule has 0 radical (unpaired) electrons. The van der Waals surface area contributed by atoms with E-state index in [9.17, 15) is 4.79 Å². The van der Waals surface area contributed by atoms with E-state index in [1.54, 1.807) is 6.26 Å². The molecule has 3 rings (SSSR count). The summed E-state index contributed by atoms with van der Waals surface area (Å²) in [6, 6.07) is 10.4. The molecule has 0 saturated heterocycles. The highest BCUT2D eigenvalue weighted by molar-refractivity contribution is 5.80. The van der Waals surface area contributed by atoms with Gasteiger partial charge < -0.3 is 14.6 Å². The zero-order valence-electron chi connectivity index (χ0n) is 16.6. The molecular formula is C23H30N2O2.